The molecule has 0 atom stereocenters. The van der Waals surface area contributed by atoms with Crippen LogP contribution in [0, 0.1) is 5.82 Å². The van der Waals surface area contributed by atoms with Crippen molar-refractivity contribution in [2.45, 2.75) is 6.54 Å². The molecule has 118 valence electrons. The SMILES string of the molecule is COc1ccc(CN(C)C(=O)c2c[nH]c3ccccc23)cc1F. The maximum Gasteiger partial charge on any atom is 0.256 e. The Bertz CT molecular complexity index is 857. The average molecular weight is 312 g/mol. The summed E-state index contributed by atoms with van der Waals surface area (Å²) in [5, 5.41) is 0.880. The molecule has 0 fully saturated rings. The van der Waals surface area contributed by atoms with Crippen LogP contribution in [0.4, 0.5) is 4.39 Å². The molecule has 1 aromatic heterocycles. The molecule has 5 heteroatoms. The molecule has 1 amide bonds. The van der Waals surface area contributed by atoms with Crippen LogP contribution in [-0.4, -0.2) is 29.9 Å². The van der Waals surface area contributed by atoms with Crippen LogP contribution in [0.25, 0.3) is 10.9 Å². The van der Waals surface area contributed by atoms with E-state index >= 15 is 0 Å². The van der Waals surface area contributed by atoms with Crippen LogP contribution >= 0.6 is 0 Å². The van der Waals surface area contributed by atoms with Crippen LogP contribution in [0.3, 0.4) is 0 Å². The van der Waals surface area contributed by atoms with Crippen LogP contribution < -0.4 is 4.74 Å². The molecular formula is C18H17FN2O2. The fraction of sp³-hybridized carbons (Fsp3) is 0.167. The van der Waals surface area contributed by atoms with Gasteiger partial charge < -0.3 is 14.6 Å². The van der Waals surface area contributed by atoms with E-state index in [9.17, 15) is 9.18 Å². The van der Waals surface area contributed by atoms with Crippen LogP contribution in [0.15, 0.2) is 48.7 Å². The minimum Gasteiger partial charge on any atom is -0.494 e. The van der Waals surface area contributed by atoms with E-state index in [1.165, 1.54) is 13.2 Å². The number of aromatic nitrogens is 1. The number of nitrogens with zero attached hydrogens (tertiary/aromatic N) is 1. The fourth-order valence-electron chi connectivity index (χ4n) is 2.61. The predicted molar refractivity (Wildman–Crippen MR) is 87.0 cm³/mol. The van der Waals surface area contributed by atoms with E-state index in [1.54, 1.807) is 30.3 Å². The van der Waals surface area contributed by atoms with Crippen LogP contribution in [-0.2, 0) is 6.54 Å². The van der Waals surface area contributed by atoms with Gasteiger partial charge in [-0.25, -0.2) is 4.39 Å². The average Bonchev–Trinajstić information content (AvgIpc) is 2.98. The predicted octanol–water partition coefficient (Wildman–Crippen LogP) is 3.59. The first kappa shape index (κ1) is 15.1. The number of amides is 1. The normalized spacial score (nSPS) is 10.7. The quantitative estimate of drug-likeness (QED) is 0.800. The third-order valence-corrected chi connectivity index (χ3v) is 3.80. The molecule has 3 rings (SSSR count). The number of methoxy groups -OCH3 is 1. The summed E-state index contributed by atoms with van der Waals surface area (Å²) in [6.45, 7) is 0.319. The standard InChI is InChI=1S/C18H17FN2O2/c1-21(11-12-7-8-17(23-2)15(19)9-12)18(22)14-10-20-16-6-4-3-5-13(14)16/h3-10,20H,11H2,1-2H3. The molecule has 0 aliphatic rings. The molecule has 1 N–H and O–H groups in total. The van der Waals surface area contributed by atoms with E-state index in [0.29, 0.717) is 17.7 Å². The highest BCUT2D eigenvalue weighted by Crippen LogP contribution is 2.21. The summed E-state index contributed by atoms with van der Waals surface area (Å²) in [5.41, 5.74) is 2.23. The van der Waals surface area contributed by atoms with Crippen molar-refractivity contribution in [2.75, 3.05) is 14.2 Å². The number of para-hydroxylation sites is 1. The zero-order chi connectivity index (χ0) is 16.4. The molecule has 23 heavy (non-hydrogen) atoms. The molecule has 1 heterocycles. The molecule has 0 bridgehead atoms. The number of fused-ring (bicyclic) bond motifs is 1. The summed E-state index contributed by atoms with van der Waals surface area (Å²) in [4.78, 5) is 17.3. The van der Waals surface area contributed by atoms with Crippen molar-refractivity contribution in [2.24, 2.45) is 0 Å². The van der Waals surface area contributed by atoms with Gasteiger partial charge in [-0.15, -0.1) is 0 Å². The Kier molecular flexibility index (Phi) is 4.02. The van der Waals surface area contributed by atoms with Gasteiger partial charge in [0.05, 0.1) is 12.7 Å². The third kappa shape index (κ3) is 2.90. The van der Waals surface area contributed by atoms with Gasteiger partial charge in [0.1, 0.15) is 0 Å². The Morgan fingerprint density at radius 3 is 2.78 bits per heavy atom. The van der Waals surface area contributed by atoms with Crippen molar-refractivity contribution >= 4 is 16.8 Å². The lowest BCUT2D eigenvalue weighted by Crippen LogP contribution is -2.26. The fourth-order valence-corrected chi connectivity index (χ4v) is 2.61. The summed E-state index contributed by atoms with van der Waals surface area (Å²) in [5.74, 6) is -0.351. The topological polar surface area (TPSA) is 45.3 Å². The van der Waals surface area contributed by atoms with E-state index < -0.39 is 5.82 Å². The first-order chi connectivity index (χ1) is 11.1. The van der Waals surface area contributed by atoms with E-state index in [0.717, 1.165) is 10.9 Å². The van der Waals surface area contributed by atoms with E-state index in [1.807, 2.05) is 24.3 Å². The first-order valence-electron chi connectivity index (χ1n) is 7.24. The number of carbonyl (C=O) groups excluding carboxylic acids is 1. The minimum absolute atomic E-state index is 0.112. The maximum atomic E-state index is 13.8. The number of nitrogens with one attached hydrogen (secondary N) is 1. The summed E-state index contributed by atoms with van der Waals surface area (Å²) >= 11 is 0. The highest BCUT2D eigenvalue weighted by molar-refractivity contribution is 6.06. The Hall–Kier alpha value is -2.82. The molecular weight excluding hydrogens is 295 g/mol. The minimum atomic E-state index is -0.432. The Morgan fingerprint density at radius 2 is 2.04 bits per heavy atom. The lowest BCUT2D eigenvalue weighted by atomic mass is 10.1. The zero-order valence-electron chi connectivity index (χ0n) is 13.0. The summed E-state index contributed by atoms with van der Waals surface area (Å²) < 4.78 is 18.6. The Morgan fingerprint density at radius 1 is 1.26 bits per heavy atom. The van der Waals surface area contributed by atoms with E-state index in [-0.39, 0.29) is 11.7 Å². The Labute approximate surface area is 133 Å². The first-order valence-corrected chi connectivity index (χ1v) is 7.24. The van der Waals surface area contributed by atoms with E-state index in [2.05, 4.69) is 4.98 Å². The number of aromatic amines is 1. The second-order valence-electron chi connectivity index (χ2n) is 5.38. The molecule has 0 spiro atoms. The molecule has 4 nitrogen and oxygen atoms in total. The number of hydrogen-bond donors (Lipinski definition) is 1. The van der Waals surface area contributed by atoms with Crippen molar-refractivity contribution < 1.29 is 13.9 Å². The molecule has 0 aliphatic heterocycles. The lowest BCUT2D eigenvalue weighted by Gasteiger charge is -2.17. The molecule has 0 aliphatic carbocycles. The number of ether oxygens (including phenoxy) is 1. The van der Waals surface area contributed by atoms with Gasteiger partial charge in [0.25, 0.3) is 5.91 Å². The third-order valence-electron chi connectivity index (χ3n) is 3.80. The number of carbonyl (C=O) groups is 1. The maximum absolute atomic E-state index is 13.8. The van der Waals surface area contributed by atoms with Crippen LogP contribution in [0.5, 0.6) is 5.75 Å². The number of hydrogen-bond acceptors (Lipinski definition) is 2. The largest absolute Gasteiger partial charge is 0.494 e. The molecule has 2 aromatic carbocycles. The highest BCUT2D eigenvalue weighted by Gasteiger charge is 2.16. The molecule has 0 radical (unpaired) electrons. The second kappa shape index (κ2) is 6.12. The van der Waals surface area contributed by atoms with Gasteiger partial charge in [-0.3, -0.25) is 4.79 Å². The molecule has 3 aromatic rings. The summed E-state index contributed by atoms with van der Waals surface area (Å²) in [6, 6.07) is 12.3. The number of benzene rings is 2. The monoisotopic (exact) mass is 312 g/mol. The van der Waals surface area contributed by atoms with Crippen LogP contribution in [0.1, 0.15) is 15.9 Å². The van der Waals surface area contributed by atoms with Gasteiger partial charge in [-0.05, 0) is 23.8 Å². The Balaban J connectivity index is 1.81. The smallest absolute Gasteiger partial charge is 0.256 e. The van der Waals surface area contributed by atoms with Crippen molar-refractivity contribution in [1.29, 1.82) is 0 Å². The highest BCUT2D eigenvalue weighted by atomic mass is 19.1. The molecule has 0 unspecified atom stereocenters. The number of rotatable bonds is 4. The van der Waals surface area contributed by atoms with Gasteiger partial charge in [-0.2, -0.15) is 0 Å². The van der Waals surface area contributed by atoms with Gasteiger partial charge in [0.2, 0.25) is 0 Å². The number of halogens is 1. The van der Waals surface area contributed by atoms with Crippen LogP contribution in [0.2, 0.25) is 0 Å². The van der Waals surface area contributed by atoms with Crippen molar-refractivity contribution in [3.8, 4) is 5.75 Å². The molecule has 0 saturated carbocycles. The van der Waals surface area contributed by atoms with Crippen molar-refractivity contribution in [3.05, 3.63) is 65.6 Å². The van der Waals surface area contributed by atoms with Crippen molar-refractivity contribution in [1.82, 2.24) is 9.88 Å². The van der Waals surface area contributed by atoms with Gasteiger partial charge >= 0.3 is 0 Å². The van der Waals surface area contributed by atoms with Gasteiger partial charge in [0.15, 0.2) is 11.6 Å². The zero-order valence-corrected chi connectivity index (χ0v) is 13.0. The lowest BCUT2D eigenvalue weighted by molar-refractivity contribution is 0.0787. The molecule has 0 saturated heterocycles. The second-order valence-corrected chi connectivity index (χ2v) is 5.38. The van der Waals surface area contributed by atoms with Gasteiger partial charge in [-0.1, -0.05) is 24.3 Å². The summed E-state index contributed by atoms with van der Waals surface area (Å²) in [6.07, 6.45) is 1.71. The van der Waals surface area contributed by atoms with Gasteiger partial charge in [0, 0.05) is 30.7 Å². The summed E-state index contributed by atoms with van der Waals surface area (Å²) in [7, 11) is 3.12. The number of H-pyrrole nitrogens is 1. The van der Waals surface area contributed by atoms with Crippen molar-refractivity contribution in [3.63, 3.8) is 0 Å². The van der Waals surface area contributed by atoms with E-state index in [4.69, 9.17) is 4.74 Å².